The Morgan fingerprint density at radius 2 is 1.93 bits per heavy atom. The van der Waals surface area contributed by atoms with Crippen molar-refractivity contribution < 1.29 is 14.7 Å². The molecule has 0 amide bonds. The summed E-state index contributed by atoms with van der Waals surface area (Å²) < 4.78 is 0. The summed E-state index contributed by atoms with van der Waals surface area (Å²) in [6.07, 6.45) is 1.31. The van der Waals surface area contributed by atoms with E-state index in [1.807, 2.05) is 12.1 Å². The van der Waals surface area contributed by atoms with E-state index < -0.39 is 5.97 Å². The van der Waals surface area contributed by atoms with Gasteiger partial charge in [0.25, 0.3) is 0 Å². The first-order chi connectivity index (χ1) is 13.5. The highest BCUT2D eigenvalue weighted by molar-refractivity contribution is 7.18. The Balaban J connectivity index is 1.85. The van der Waals surface area contributed by atoms with Gasteiger partial charge in [-0.15, -0.1) is 0 Å². The standard InChI is InChI=1S/C21H17N3O3S/c22-12-14-4-1-5-16(11-14)18-20(28-21(23)24-18)19(27)15-9-7-13(8-10-15)3-2-6-17(25)26/h1,4-5,7-11H,2-3,6H2,(H2,23,24)(H,25,26). The first-order valence-corrected chi connectivity index (χ1v) is 9.42. The van der Waals surface area contributed by atoms with E-state index in [-0.39, 0.29) is 17.3 Å². The van der Waals surface area contributed by atoms with Crippen LogP contribution in [-0.2, 0) is 11.2 Å². The van der Waals surface area contributed by atoms with Crippen LogP contribution in [0.4, 0.5) is 5.13 Å². The summed E-state index contributed by atoms with van der Waals surface area (Å²) in [6, 6.07) is 16.1. The lowest BCUT2D eigenvalue weighted by molar-refractivity contribution is -0.137. The van der Waals surface area contributed by atoms with Crippen molar-refractivity contribution in [2.45, 2.75) is 19.3 Å². The van der Waals surface area contributed by atoms with E-state index in [0.29, 0.717) is 40.1 Å². The van der Waals surface area contributed by atoms with E-state index in [9.17, 15) is 9.59 Å². The third-order valence-corrected chi connectivity index (χ3v) is 5.07. The van der Waals surface area contributed by atoms with Crippen LogP contribution in [0.3, 0.4) is 0 Å². The van der Waals surface area contributed by atoms with Crippen molar-refractivity contribution in [1.29, 1.82) is 5.26 Å². The number of carboxylic acids is 1. The van der Waals surface area contributed by atoms with Crippen LogP contribution in [-0.4, -0.2) is 21.8 Å². The van der Waals surface area contributed by atoms with Gasteiger partial charge in [-0.2, -0.15) is 5.26 Å². The first-order valence-electron chi connectivity index (χ1n) is 8.60. The highest BCUT2D eigenvalue weighted by Crippen LogP contribution is 2.32. The van der Waals surface area contributed by atoms with Gasteiger partial charge in [-0.1, -0.05) is 47.7 Å². The summed E-state index contributed by atoms with van der Waals surface area (Å²) in [6.45, 7) is 0. The number of carbonyl (C=O) groups is 2. The molecule has 3 N–H and O–H groups in total. The van der Waals surface area contributed by atoms with Gasteiger partial charge in [-0.05, 0) is 30.5 Å². The molecule has 0 aliphatic carbocycles. The maximum Gasteiger partial charge on any atom is 0.303 e. The first kappa shape index (κ1) is 19.3. The maximum atomic E-state index is 13.0. The van der Waals surface area contributed by atoms with Crippen LogP contribution in [0.1, 0.15) is 39.2 Å². The number of carboxylic acid groups (broad SMARTS) is 1. The highest BCUT2D eigenvalue weighted by Gasteiger charge is 2.20. The van der Waals surface area contributed by atoms with E-state index in [4.69, 9.17) is 16.1 Å². The number of nitrogens with two attached hydrogens (primary N) is 1. The second-order valence-corrected chi connectivity index (χ2v) is 7.23. The predicted molar refractivity (Wildman–Crippen MR) is 107 cm³/mol. The molecule has 0 fully saturated rings. The molecule has 1 aromatic heterocycles. The average Bonchev–Trinajstić information content (AvgIpc) is 3.09. The molecule has 140 valence electrons. The van der Waals surface area contributed by atoms with Crippen LogP contribution < -0.4 is 5.73 Å². The zero-order chi connectivity index (χ0) is 20.1. The Morgan fingerprint density at radius 1 is 1.18 bits per heavy atom. The fraction of sp³-hybridized carbons (Fsp3) is 0.143. The summed E-state index contributed by atoms with van der Waals surface area (Å²) in [5.74, 6) is -1.01. The van der Waals surface area contributed by atoms with Crippen molar-refractivity contribution in [2.75, 3.05) is 5.73 Å². The number of thiazole rings is 1. The van der Waals surface area contributed by atoms with Gasteiger partial charge < -0.3 is 10.8 Å². The van der Waals surface area contributed by atoms with Gasteiger partial charge in [-0.25, -0.2) is 4.98 Å². The second kappa shape index (κ2) is 8.46. The maximum absolute atomic E-state index is 13.0. The Labute approximate surface area is 165 Å². The molecule has 0 unspecified atom stereocenters. The van der Waals surface area contributed by atoms with E-state index in [1.165, 1.54) is 0 Å². The molecule has 0 radical (unpaired) electrons. The number of rotatable bonds is 7. The van der Waals surface area contributed by atoms with E-state index >= 15 is 0 Å². The van der Waals surface area contributed by atoms with Gasteiger partial charge in [0.1, 0.15) is 4.88 Å². The molecular weight excluding hydrogens is 374 g/mol. The fourth-order valence-electron chi connectivity index (χ4n) is 2.82. The summed E-state index contributed by atoms with van der Waals surface area (Å²) in [5.41, 5.74) is 8.94. The van der Waals surface area contributed by atoms with Gasteiger partial charge in [0.2, 0.25) is 5.78 Å². The number of anilines is 1. The van der Waals surface area contributed by atoms with Crippen molar-refractivity contribution in [3.63, 3.8) is 0 Å². The Bertz CT molecular complexity index is 1070. The molecule has 3 aromatic rings. The lowest BCUT2D eigenvalue weighted by atomic mass is 10.0. The number of ketones is 1. The van der Waals surface area contributed by atoms with Crippen LogP contribution in [0.15, 0.2) is 48.5 Å². The smallest absolute Gasteiger partial charge is 0.303 e. The number of nitrogens with zero attached hydrogens (tertiary/aromatic N) is 2. The summed E-state index contributed by atoms with van der Waals surface area (Å²) >= 11 is 1.12. The number of hydrogen-bond donors (Lipinski definition) is 2. The largest absolute Gasteiger partial charge is 0.481 e. The van der Waals surface area contributed by atoms with Crippen molar-refractivity contribution in [1.82, 2.24) is 4.98 Å². The zero-order valence-corrected chi connectivity index (χ0v) is 15.7. The van der Waals surface area contributed by atoms with Crippen LogP contribution in [0, 0.1) is 11.3 Å². The number of nitriles is 1. The molecule has 6 nitrogen and oxygen atoms in total. The molecule has 0 bridgehead atoms. The third-order valence-electron chi connectivity index (χ3n) is 4.19. The summed E-state index contributed by atoms with van der Waals surface area (Å²) in [4.78, 5) is 28.3. The number of aromatic nitrogens is 1. The molecule has 0 saturated carbocycles. The molecule has 0 spiro atoms. The molecule has 3 rings (SSSR count). The van der Waals surface area contributed by atoms with Gasteiger partial charge in [0, 0.05) is 17.5 Å². The summed E-state index contributed by atoms with van der Waals surface area (Å²) in [7, 11) is 0. The van der Waals surface area contributed by atoms with Gasteiger partial charge in [0.05, 0.1) is 17.3 Å². The lowest BCUT2D eigenvalue weighted by Gasteiger charge is -2.05. The van der Waals surface area contributed by atoms with E-state index in [0.717, 1.165) is 16.9 Å². The lowest BCUT2D eigenvalue weighted by Crippen LogP contribution is -2.02. The van der Waals surface area contributed by atoms with Gasteiger partial charge >= 0.3 is 5.97 Å². The molecular formula is C21H17N3O3S. The van der Waals surface area contributed by atoms with Crippen LogP contribution in [0.2, 0.25) is 0 Å². The van der Waals surface area contributed by atoms with E-state index in [1.54, 1.807) is 36.4 Å². The minimum Gasteiger partial charge on any atom is -0.481 e. The van der Waals surface area contributed by atoms with Crippen molar-refractivity contribution in [2.24, 2.45) is 0 Å². The number of nitrogen functional groups attached to an aromatic ring is 1. The summed E-state index contributed by atoms with van der Waals surface area (Å²) in [5, 5.41) is 18.1. The minimum absolute atomic E-state index is 0.117. The zero-order valence-electron chi connectivity index (χ0n) is 14.9. The predicted octanol–water partition coefficient (Wildman–Crippen LogP) is 3.90. The van der Waals surface area contributed by atoms with Crippen molar-refractivity contribution >= 4 is 28.2 Å². The Kier molecular flexibility index (Phi) is 5.82. The topological polar surface area (TPSA) is 117 Å². The van der Waals surface area contributed by atoms with Gasteiger partial charge in [0.15, 0.2) is 5.13 Å². The molecule has 0 atom stereocenters. The SMILES string of the molecule is N#Cc1cccc(-c2nc(N)sc2C(=O)c2ccc(CCCC(=O)O)cc2)c1. The molecule has 28 heavy (non-hydrogen) atoms. The molecule has 1 heterocycles. The van der Waals surface area contributed by atoms with Gasteiger partial charge in [-0.3, -0.25) is 9.59 Å². The number of benzene rings is 2. The Morgan fingerprint density at radius 3 is 2.61 bits per heavy atom. The number of carbonyl (C=O) groups excluding carboxylic acids is 1. The minimum atomic E-state index is -0.817. The van der Waals surface area contributed by atoms with Crippen molar-refractivity contribution in [3.05, 3.63) is 70.1 Å². The molecule has 2 aromatic carbocycles. The second-order valence-electron chi connectivity index (χ2n) is 6.20. The van der Waals surface area contributed by atoms with Crippen molar-refractivity contribution in [3.8, 4) is 17.3 Å². The monoisotopic (exact) mass is 391 g/mol. The number of hydrogen-bond acceptors (Lipinski definition) is 6. The van der Waals surface area contributed by atoms with Crippen LogP contribution in [0.5, 0.6) is 0 Å². The fourth-order valence-corrected chi connectivity index (χ4v) is 3.64. The number of aryl methyl sites for hydroxylation is 1. The molecule has 0 aliphatic heterocycles. The van der Waals surface area contributed by atoms with Crippen LogP contribution >= 0.6 is 11.3 Å². The highest BCUT2D eigenvalue weighted by atomic mass is 32.1. The molecule has 0 aliphatic rings. The normalized spacial score (nSPS) is 10.4. The Hall–Kier alpha value is -3.50. The average molecular weight is 391 g/mol. The molecule has 7 heteroatoms. The quantitative estimate of drug-likeness (QED) is 0.590. The van der Waals surface area contributed by atoms with E-state index in [2.05, 4.69) is 11.1 Å². The molecule has 0 saturated heterocycles. The number of aliphatic carboxylic acids is 1. The third kappa shape index (κ3) is 4.42. The van der Waals surface area contributed by atoms with Crippen LogP contribution in [0.25, 0.3) is 11.3 Å².